The van der Waals surface area contributed by atoms with E-state index in [1.54, 1.807) is 23.7 Å². The minimum atomic E-state index is -0.507. The Labute approximate surface area is 154 Å². The SMILES string of the molecule is COc1cc2c(c3c1c(=O)c1cccc([N+](=O)[O-])c1n3C)C=CC(C)(C)O2. The molecule has 0 saturated heterocycles. The number of nitrogens with zero attached hydrogens (tertiary/aromatic N) is 2. The lowest BCUT2D eigenvalue weighted by molar-refractivity contribution is -0.383. The summed E-state index contributed by atoms with van der Waals surface area (Å²) in [6.45, 7) is 3.85. The molecule has 138 valence electrons. The second-order valence-corrected chi connectivity index (χ2v) is 7.07. The van der Waals surface area contributed by atoms with Crippen LogP contribution in [0.3, 0.4) is 0 Å². The molecular formula is C20H18N2O5. The van der Waals surface area contributed by atoms with E-state index in [4.69, 9.17) is 9.47 Å². The summed E-state index contributed by atoms with van der Waals surface area (Å²) in [6, 6.07) is 6.21. The Morgan fingerprint density at radius 1 is 1.26 bits per heavy atom. The van der Waals surface area contributed by atoms with Crippen molar-refractivity contribution in [3.8, 4) is 11.5 Å². The van der Waals surface area contributed by atoms with Crippen molar-refractivity contribution in [2.24, 2.45) is 7.05 Å². The summed E-state index contributed by atoms with van der Waals surface area (Å²) in [5, 5.41) is 12.2. The van der Waals surface area contributed by atoms with E-state index < -0.39 is 10.5 Å². The monoisotopic (exact) mass is 366 g/mol. The molecular weight excluding hydrogens is 348 g/mol. The predicted molar refractivity (Wildman–Crippen MR) is 104 cm³/mol. The van der Waals surface area contributed by atoms with E-state index in [0.29, 0.717) is 28.0 Å². The van der Waals surface area contributed by atoms with Gasteiger partial charge in [-0.25, -0.2) is 0 Å². The fourth-order valence-electron chi connectivity index (χ4n) is 3.67. The summed E-state index contributed by atoms with van der Waals surface area (Å²) in [7, 11) is 3.20. The van der Waals surface area contributed by atoms with E-state index in [0.717, 1.165) is 0 Å². The average molecular weight is 366 g/mol. The van der Waals surface area contributed by atoms with Gasteiger partial charge >= 0.3 is 0 Å². The zero-order valence-corrected chi connectivity index (χ0v) is 15.4. The topological polar surface area (TPSA) is 83.6 Å². The molecule has 0 radical (unpaired) electrons. The van der Waals surface area contributed by atoms with Gasteiger partial charge in [0.25, 0.3) is 5.69 Å². The van der Waals surface area contributed by atoms with E-state index in [1.165, 1.54) is 19.2 Å². The number of non-ortho nitro benzene ring substituents is 1. The molecule has 0 amide bonds. The summed E-state index contributed by atoms with van der Waals surface area (Å²) in [6.07, 6.45) is 3.79. The lowest BCUT2D eigenvalue weighted by atomic mass is 9.98. The zero-order chi connectivity index (χ0) is 19.5. The molecule has 0 aliphatic carbocycles. The Hall–Kier alpha value is -3.35. The molecule has 0 saturated carbocycles. The normalized spacial score (nSPS) is 14.8. The van der Waals surface area contributed by atoms with E-state index in [1.807, 2.05) is 26.0 Å². The first-order chi connectivity index (χ1) is 12.7. The Morgan fingerprint density at radius 2 is 2.00 bits per heavy atom. The zero-order valence-electron chi connectivity index (χ0n) is 15.4. The number of ether oxygens (including phenoxy) is 2. The summed E-state index contributed by atoms with van der Waals surface area (Å²) < 4.78 is 13.2. The number of aryl methyl sites for hydroxylation is 1. The molecule has 1 aliphatic heterocycles. The standard InChI is InChI=1S/C20H18N2O5/c1-20(2)9-8-11-14(27-20)10-15(26-4)16-18(11)21(3)17-12(19(16)23)6-5-7-13(17)22(24)25/h5-10H,1-4H3. The van der Waals surface area contributed by atoms with E-state index in [2.05, 4.69) is 0 Å². The molecule has 4 rings (SSSR count). The first-order valence-corrected chi connectivity index (χ1v) is 8.44. The molecule has 2 heterocycles. The molecule has 0 unspecified atom stereocenters. The van der Waals surface area contributed by atoms with Crippen LogP contribution in [0.2, 0.25) is 0 Å². The maximum atomic E-state index is 13.2. The van der Waals surface area contributed by atoms with Crippen LogP contribution in [0.1, 0.15) is 19.4 Å². The van der Waals surface area contributed by atoms with Crippen LogP contribution in [0, 0.1) is 10.1 Å². The summed E-state index contributed by atoms with van der Waals surface area (Å²) >= 11 is 0. The Kier molecular flexibility index (Phi) is 3.53. The van der Waals surface area contributed by atoms with Crippen LogP contribution < -0.4 is 14.9 Å². The van der Waals surface area contributed by atoms with Gasteiger partial charge in [0.1, 0.15) is 22.6 Å². The third kappa shape index (κ3) is 2.38. The highest BCUT2D eigenvalue weighted by atomic mass is 16.6. The number of aromatic nitrogens is 1. The maximum Gasteiger partial charge on any atom is 0.293 e. The van der Waals surface area contributed by atoms with Crippen LogP contribution in [0.15, 0.2) is 35.1 Å². The van der Waals surface area contributed by atoms with Crippen molar-refractivity contribution < 1.29 is 14.4 Å². The first kappa shape index (κ1) is 17.1. The molecule has 0 fully saturated rings. The van der Waals surface area contributed by atoms with Crippen molar-refractivity contribution in [3.05, 3.63) is 56.2 Å². The van der Waals surface area contributed by atoms with Crippen molar-refractivity contribution in [1.82, 2.24) is 4.57 Å². The molecule has 7 heteroatoms. The molecule has 27 heavy (non-hydrogen) atoms. The number of nitro benzene ring substituents is 1. The molecule has 0 N–H and O–H groups in total. The number of fused-ring (bicyclic) bond motifs is 4. The third-order valence-electron chi connectivity index (χ3n) is 4.86. The molecule has 2 aromatic carbocycles. The predicted octanol–water partition coefficient (Wildman–Crippen LogP) is 3.79. The minimum absolute atomic E-state index is 0.119. The van der Waals surface area contributed by atoms with Crippen molar-refractivity contribution in [1.29, 1.82) is 0 Å². The van der Waals surface area contributed by atoms with Crippen molar-refractivity contribution >= 4 is 33.6 Å². The first-order valence-electron chi connectivity index (χ1n) is 8.44. The minimum Gasteiger partial charge on any atom is -0.496 e. The van der Waals surface area contributed by atoms with Crippen LogP contribution in [-0.2, 0) is 7.05 Å². The third-order valence-corrected chi connectivity index (χ3v) is 4.86. The summed E-state index contributed by atoms with van der Waals surface area (Å²) in [5.41, 5.74) is 0.584. The lowest BCUT2D eigenvalue weighted by Crippen LogP contribution is -2.28. The second-order valence-electron chi connectivity index (χ2n) is 7.07. The van der Waals surface area contributed by atoms with Gasteiger partial charge in [-0.05, 0) is 32.1 Å². The van der Waals surface area contributed by atoms with Gasteiger partial charge in [-0.15, -0.1) is 0 Å². The lowest BCUT2D eigenvalue weighted by Gasteiger charge is -2.29. The van der Waals surface area contributed by atoms with E-state index >= 15 is 0 Å². The number of para-hydroxylation sites is 1. The fourth-order valence-corrected chi connectivity index (χ4v) is 3.67. The van der Waals surface area contributed by atoms with Gasteiger partial charge in [0, 0.05) is 24.7 Å². The molecule has 1 aromatic heterocycles. The van der Waals surface area contributed by atoms with Crippen LogP contribution in [0.4, 0.5) is 5.69 Å². The molecule has 0 bridgehead atoms. The highest BCUT2D eigenvalue weighted by molar-refractivity contribution is 6.04. The number of methoxy groups -OCH3 is 1. The van der Waals surface area contributed by atoms with Gasteiger partial charge in [-0.2, -0.15) is 0 Å². The molecule has 3 aromatic rings. The van der Waals surface area contributed by atoms with Gasteiger partial charge in [0.15, 0.2) is 0 Å². The van der Waals surface area contributed by atoms with Gasteiger partial charge in [-0.1, -0.05) is 6.07 Å². The van der Waals surface area contributed by atoms with Gasteiger partial charge in [-0.3, -0.25) is 14.9 Å². The van der Waals surface area contributed by atoms with Crippen LogP contribution in [-0.4, -0.2) is 22.2 Å². The van der Waals surface area contributed by atoms with E-state index in [-0.39, 0.29) is 22.0 Å². The van der Waals surface area contributed by atoms with Crippen molar-refractivity contribution in [3.63, 3.8) is 0 Å². The van der Waals surface area contributed by atoms with Gasteiger partial charge < -0.3 is 14.0 Å². The molecule has 0 atom stereocenters. The van der Waals surface area contributed by atoms with Crippen LogP contribution >= 0.6 is 0 Å². The van der Waals surface area contributed by atoms with E-state index in [9.17, 15) is 14.9 Å². The van der Waals surface area contributed by atoms with Crippen LogP contribution in [0.5, 0.6) is 11.5 Å². The largest absolute Gasteiger partial charge is 0.496 e. The quantitative estimate of drug-likeness (QED) is 0.391. The highest BCUT2D eigenvalue weighted by Crippen LogP contribution is 2.41. The highest BCUT2D eigenvalue weighted by Gasteiger charge is 2.28. The Morgan fingerprint density at radius 3 is 2.67 bits per heavy atom. The number of rotatable bonds is 2. The van der Waals surface area contributed by atoms with Crippen LogP contribution in [0.25, 0.3) is 27.9 Å². The second kappa shape index (κ2) is 5.57. The van der Waals surface area contributed by atoms with Gasteiger partial charge in [0.05, 0.1) is 28.3 Å². The van der Waals surface area contributed by atoms with Gasteiger partial charge in [0.2, 0.25) is 5.43 Å². The summed E-state index contributed by atoms with van der Waals surface area (Å²) in [5.74, 6) is 0.948. The number of benzene rings is 2. The average Bonchev–Trinajstić information content (AvgIpc) is 2.63. The molecule has 7 nitrogen and oxygen atoms in total. The number of hydrogen-bond donors (Lipinski definition) is 0. The number of nitro groups is 1. The Balaban J connectivity index is 2.29. The number of pyridine rings is 1. The smallest absolute Gasteiger partial charge is 0.293 e. The van der Waals surface area contributed by atoms with Crippen molar-refractivity contribution in [2.45, 2.75) is 19.4 Å². The Bertz CT molecular complexity index is 1220. The summed E-state index contributed by atoms with van der Waals surface area (Å²) in [4.78, 5) is 24.3. The molecule has 0 spiro atoms. The fraction of sp³-hybridized carbons (Fsp3) is 0.250. The van der Waals surface area contributed by atoms with Crippen molar-refractivity contribution in [2.75, 3.05) is 7.11 Å². The maximum absolute atomic E-state index is 13.2. The number of hydrogen-bond acceptors (Lipinski definition) is 5. The molecule has 1 aliphatic rings.